The minimum atomic E-state index is -0.504. The van der Waals surface area contributed by atoms with Crippen molar-refractivity contribution >= 4 is 51.0 Å². The van der Waals surface area contributed by atoms with Crippen LogP contribution in [0.1, 0.15) is 37.8 Å². The molecular weight excluding hydrogens is 513 g/mol. The number of nitrogens with zero attached hydrogens (tertiary/aromatic N) is 3. The number of carbonyl (C=O) groups is 1. The van der Waals surface area contributed by atoms with Crippen LogP contribution in [0.25, 0.3) is 28.1 Å². The van der Waals surface area contributed by atoms with Crippen molar-refractivity contribution in [1.29, 1.82) is 0 Å². The molecule has 5 rings (SSSR count). The van der Waals surface area contributed by atoms with E-state index in [0.717, 1.165) is 29.0 Å². The summed E-state index contributed by atoms with van der Waals surface area (Å²) in [6.45, 7) is 9.80. The Balaban J connectivity index is 0.00000156. The molecule has 0 bridgehead atoms. The van der Waals surface area contributed by atoms with E-state index in [-0.39, 0.29) is 40.8 Å². The summed E-state index contributed by atoms with van der Waals surface area (Å²) in [7, 11) is 0. The molecule has 0 unspecified atom stereocenters. The molecule has 196 valence electrons. The Morgan fingerprint density at radius 2 is 1.95 bits per heavy atom. The van der Waals surface area contributed by atoms with Crippen molar-refractivity contribution in [2.24, 2.45) is 0 Å². The maximum atomic E-state index is 15.9. The fraction of sp³-hybridized carbons (Fsp3) is 0.357. The lowest BCUT2D eigenvalue weighted by Gasteiger charge is -2.35. The second-order valence-electron chi connectivity index (χ2n) is 8.79. The van der Waals surface area contributed by atoms with Gasteiger partial charge in [-0.2, -0.15) is 4.37 Å². The van der Waals surface area contributed by atoms with Gasteiger partial charge in [0, 0.05) is 55.7 Å². The molecule has 6 nitrogen and oxygen atoms in total. The van der Waals surface area contributed by atoms with Gasteiger partial charge in [0.1, 0.15) is 16.3 Å². The SMILES string of the molecule is C=C(CCO)C(=O)N1CCN(c2snc3c(F)c(-c4cc(O)cc5c4C=CCC5)c(Cl)cc23)CC1.CC. The molecule has 1 amide bonds. The fourth-order valence-corrected chi connectivity index (χ4v) is 6.00. The number of halogens is 2. The van der Waals surface area contributed by atoms with Crippen LogP contribution in [0.2, 0.25) is 5.02 Å². The maximum Gasteiger partial charge on any atom is 0.249 e. The van der Waals surface area contributed by atoms with E-state index < -0.39 is 5.82 Å². The zero-order valence-corrected chi connectivity index (χ0v) is 22.6. The van der Waals surface area contributed by atoms with Gasteiger partial charge in [-0.05, 0) is 59.3 Å². The van der Waals surface area contributed by atoms with Gasteiger partial charge in [-0.15, -0.1) is 0 Å². The number of anilines is 1. The van der Waals surface area contributed by atoms with Gasteiger partial charge in [0.2, 0.25) is 5.91 Å². The van der Waals surface area contributed by atoms with Crippen molar-refractivity contribution in [3.8, 4) is 16.9 Å². The number of hydrogen-bond donors (Lipinski definition) is 2. The van der Waals surface area contributed by atoms with Crippen LogP contribution in [0, 0.1) is 5.82 Å². The second kappa shape index (κ2) is 11.6. The minimum Gasteiger partial charge on any atom is -0.508 e. The summed E-state index contributed by atoms with van der Waals surface area (Å²) in [5.41, 5.74) is 3.28. The largest absolute Gasteiger partial charge is 0.508 e. The van der Waals surface area contributed by atoms with Crippen LogP contribution < -0.4 is 4.90 Å². The Morgan fingerprint density at radius 1 is 1.22 bits per heavy atom. The molecule has 1 saturated heterocycles. The molecule has 3 aromatic rings. The molecule has 1 aromatic heterocycles. The average molecular weight is 544 g/mol. The van der Waals surface area contributed by atoms with Crippen LogP contribution >= 0.6 is 23.1 Å². The van der Waals surface area contributed by atoms with Gasteiger partial charge in [-0.1, -0.05) is 44.2 Å². The number of aromatic hydroxyl groups is 1. The van der Waals surface area contributed by atoms with Gasteiger partial charge in [0.15, 0.2) is 5.82 Å². The first-order chi connectivity index (χ1) is 17.9. The highest BCUT2D eigenvalue weighted by Gasteiger charge is 2.27. The molecule has 2 heterocycles. The van der Waals surface area contributed by atoms with E-state index in [2.05, 4.69) is 15.9 Å². The summed E-state index contributed by atoms with van der Waals surface area (Å²) in [6.07, 6.45) is 5.90. The highest BCUT2D eigenvalue weighted by Crippen LogP contribution is 2.44. The number of aliphatic hydroxyl groups is 1. The van der Waals surface area contributed by atoms with Crippen LogP contribution in [0.4, 0.5) is 9.39 Å². The zero-order chi connectivity index (χ0) is 26.7. The number of carbonyl (C=O) groups excluding carboxylic acids is 1. The summed E-state index contributed by atoms with van der Waals surface area (Å²) >= 11 is 7.88. The number of hydrogen-bond acceptors (Lipinski definition) is 6. The number of rotatable bonds is 5. The molecule has 0 saturated carbocycles. The van der Waals surface area contributed by atoms with Gasteiger partial charge >= 0.3 is 0 Å². The van der Waals surface area contributed by atoms with Crippen molar-refractivity contribution in [1.82, 2.24) is 9.27 Å². The summed E-state index contributed by atoms with van der Waals surface area (Å²) in [5, 5.41) is 21.0. The Labute approximate surface area is 225 Å². The molecule has 1 fully saturated rings. The summed E-state index contributed by atoms with van der Waals surface area (Å²) < 4.78 is 20.3. The zero-order valence-electron chi connectivity index (χ0n) is 21.1. The standard InChI is InChI=1S/C26H25ClFN3O3S.C2H6/c1-15(6-11-32)25(34)30-7-9-31(10-8-30)26-20-14-21(27)22(23(28)24(20)29-35-26)19-13-17(33)12-16-4-2-3-5-18(16)19;1-2/h3,5,12-14,32-33H,1-2,4,6-11H2;1-2H3. The Hall–Kier alpha value is -2.94. The molecule has 37 heavy (non-hydrogen) atoms. The van der Waals surface area contributed by atoms with E-state index in [0.29, 0.717) is 42.7 Å². The molecule has 0 atom stereocenters. The highest BCUT2D eigenvalue weighted by atomic mass is 35.5. The third kappa shape index (κ3) is 5.23. The number of amides is 1. The van der Waals surface area contributed by atoms with Crippen molar-refractivity contribution in [3.05, 3.63) is 58.4 Å². The number of piperazine rings is 1. The molecule has 2 aromatic carbocycles. The summed E-state index contributed by atoms with van der Waals surface area (Å²) in [4.78, 5) is 16.3. The van der Waals surface area contributed by atoms with Crippen LogP contribution in [-0.2, 0) is 11.2 Å². The molecule has 2 N–H and O–H groups in total. The van der Waals surface area contributed by atoms with Gasteiger partial charge in [0.25, 0.3) is 0 Å². The first-order valence-corrected chi connectivity index (χ1v) is 13.7. The number of fused-ring (bicyclic) bond motifs is 2. The first-order valence-electron chi connectivity index (χ1n) is 12.5. The number of aromatic nitrogens is 1. The first kappa shape index (κ1) is 27.1. The van der Waals surface area contributed by atoms with E-state index in [4.69, 9.17) is 16.7 Å². The van der Waals surface area contributed by atoms with Crippen LogP contribution in [0.3, 0.4) is 0 Å². The van der Waals surface area contributed by atoms with Crippen molar-refractivity contribution in [2.45, 2.75) is 33.1 Å². The molecule has 2 aliphatic rings. The highest BCUT2D eigenvalue weighted by molar-refractivity contribution is 7.11. The number of allylic oxidation sites excluding steroid dienone is 1. The summed E-state index contributed by atoms with van der Waals surface area (Å²) in [5.74, 6) is -0.566. The van der Waals surface area contributed by atoms with E-state index >= 15 is 4.39 Å². The monoisotopic (exact) mass is 543 g/mol. The summed E-state index contributed by atoms with van der Waals surface area (Å²) in [6, 6.07) is 5.02. The van der Waals surface area contributed by atoms with E-state index in [1.807, 2.05) is 26.0 Å². The predicted octanol–water partition coefficient (Wildman–Crippen LogP) is 6.03. The average Bonchev–Trinajstić information content (AvgIpc) is 3.33. The van der Waals surface area contributed by atoms with Gasteiger partial charge in [-0.3, -0.25) is 4.79 Å². The van der Waals surface area contributed by atoms with E-state index in [9.17, 15) is 9.90 Å². The number of phenols is 1. The third-order valence-corrected chi connectivity index (χ3v) is 7.82. The lowest BCUT2D eigenvalue weighted by atomic mass is 9.89. The Morgan fingerprint density at radius 3 is 2.65 bits per heavy atom. The normalized spacial score (nSPS) is 14.8. The smallest absolute Gasteiger partial charge is 0.249 e. The number of aliphatic hydroxyl groups excluding tert-OH is 1. The van der Waals surface area contributed by atoms with Crippen molar-refractivity contribution in [3.63, 3.8) is 0 Å². The Kier molecular flexibility index (Phi) is 8.52. The van der Waals surface area contributed by atoms with Crippen molar-refractivity contribution < 1.29 is 19.4 Å². The van der Waals surface area contributed by atoms with E-state index in [1.165, 1.54) is 11.5 Å². The number of phenolic OH excluding ortho intramolecular Hbond substituents is 1. The van der Waals surface area contributed by atoms with Crippen LogP contribution in [0.15, 0.2) is 36.4 Å². The Bertz CT molecular complexity index is 1360. The third-order valence-electron chi connectivity index (χ3n) is 6.60. The van der Waals surface area contributed by atoms with Gasteiger partial charge in [-0.25, -0.2) is 4.39 Å². The fourth-order valence-electron chi connectivity index (χ4n) is 4.80. The predicted molar refractivity (Wildman–Crippen MR) is 150 cm³/mol. The number of benzene rings is 2. The lowest BCUT2D eigenvalue weighted by Crippen LogP contribution is -2.49. The molecule has 1 aliphatic heterocycles. The van der Waals surface area contributed by atoms with E-state index in [1.54, 1.807) is 23.1 Å². The topological polar surface area (TPSA) is 76.9 Å². The quantitative estimate of drug-likeness (QED) is 0.384. The van der Waals surface area contributed by atoms with Gasteiger partial charge in [0.05, 0.1) is 5.02 Å². The minimum absolute atomic E-state index is 0.0812. The van der Waals surface area contributed by atoms with Crippen molar-refractivity contribution in [2.75, 3.05) is 37.7 Å². The van der Waals surface area contributed by atoms with Gasteiger partial charge < -0.3 is 20.0 Å². The maximum absolute atomic E-state index is 15.9. The number of aryl methyl sites for hydroxylation is 1. The lowest BCUT2D eigenvalue weighted by molar-refractivity contribution is -0.127. The molecule has 0 radical (unpaired) electrons. The van der Waals surface area contributed by atoms with Crippen LogP contribution in [0.5, 0.6) is 5.75 Å². The second-order valence-corrected chi connectivity index (χ2v) is 9.95. The molecular formula is C28H31ClFN3O3S. The molecule has 1 aliphatic carbocycles. The molecule has 0 spiro atoms. The van der Waals surface area contributed by atoms with Crippen LogP contribution in [-0.4, -0.2) is 58.2 Å². The molecule has 9 heteroatoms.